The van der Waals surface area contributed by atoms with E-state index < -0.39 is 5.91 Å². The molecule has 0 unspecified atom stereocenters. The first-order valence-corrected chi connectivity index (χ1v) is 4.80. The summed E-state index contributed by atoms with van der Waals surface area (Å²) in [5, 5.41) is 2.68. The van der Waals surface area contributed by atoms with Gasteiger partial charge in [-0.3, -0.25) is 15.3 Å². The molecule has 0 aliphatic heterocycles. The third-order valence-electron chi connectivity index (χ3n) is 2.12. The van der Waals surface area contributed by atoms with Crippen LogP contribution in [0.5, 0.6) is 0 Å². The topological polar surface area (TPSA) is 85.8 Å². The van der Waals surface area contributed by atoms with Crippen molar-refractivity contribution >= 4 is 17.5 Å². The van der Waals surface area contributed by atoms with Gasteiger partial charge in [0.2, 0.25) is 5.91 Å². The molecule has 5 nitrogen and oxygen atoms in total. The minimum atomic E-state index is -0.775. The Bertz CT molecular complexity index is 382. The molecule has 0 aromatic carbocycles. The summed E-state index contributed by atoms with van der Waals surface area (Å²) < 4.78 is 0. The molecule has 81 valence electrons. The number of hydrogen-bond donors (Lipinski definition) is 2. The van der Waals surface area contributed by atoms with Crippen LogP contribution in [-0.2, 0) is 4.79 Å². The van der Waals surface area contributed by atoms with E-state index in [4.69, 9.17) is 5.73 Å². The summed E-state index contributed by atoms with van der Waals surface area (Å²) in [4.78, 5) is 24.8. The number of nitrogens with one attached hydrogen (secondary N) is 3. The number of rotatable bonds is 4. The van der Waals surface area contributed by atoms with Crippen molar-refractivity contribution in [2.24, 2.45) is 0 Å². The Morgan fingerprint density at radius 2 is 2.20 bits per heavy atom. The summed E-state index contributed by atoms with van der Waals surface area (Å²) in [6.07, 6.45) is 2.76. The van der Waals surface area contributed by atoms with Crippen LogP contribution < -0.4 is 11.1 Å². The Kier molecular flexibility index (Phi) is 3.49. The van der Waals surface area contributed by atoms with Gasteiger partial charge in [0.05, 0.1) is 5.69 Å². The van der Waals surface area contributed by atoms with Crippen molar-refractivity contribution in [1.82, 2.24) is 10.7 Å². The zero-order valence-corrected chi connectivity index (χ0v) is 8.81. The maximum atomic E-state index is 11.3. The molecule has 15 heavy (non-hydrogen) atoms. The number of carbonyl (C=O) groups excluding carboxylic acids is 2. The summed E-state index contributed by atoms with van der Waals surface area (Å²) in [5.41, 5.74) is 8.36. The Morgan fingerprint density at radius 1 is 1.53 bits per heavy atom. The monoisotopic (exact) mass is 208 g/mol. The fraction of sp³-hybridized carbons (Fsp3) is 0.400. The normalized spacial score (nSPS) is 10.0. The van der Waals surface area contributed by atoms with Crippen LogP contribution in [-0.4, -0.2) is 16.8 Å². The molecule has 1 aromatic rings. The number of amides is 2. The lowest BCUT2D eigenvalue weighted by molar-refractivity contribution is -0.116. The molecule has 5 heteroatoms. The van der Waals surface area contributed by atoms with E-state index in [1.807, 2.05) is 6.92 Å². The van der Waals surface area contributed by atoms with E-state index in [0.717, 1.165) is 6.42 Å². The first-order valence-electron chi connectivity index (χ1n) is 4.80. The quantitative estimate of drug-likeness (QED) is 0.785. The van der Waals surface area contributed by atoms with E-state index in [0.29, 0.717) is 17.7 Å². The van der Waals surface area contributed by atoms with Gasteiger partial charge in [-0.05, 0) is 13.3 Å². The third kappa shape index (κ3) is 2.59. The van der Waals surface area contributed by atoms with Crippen LogP contribution >= 0.6 is 0 Å². The largest absolute Gasteiger partial charge is 0.355 e. The molecule has 0 spiro atoms. The average molecular weight is 208 g/mol. The van der Waals surface area contributed by atoms with E-state index in [2.05, 4.69) is 10.3 Å². The van der Waals surface area contributed by atoms with Crippen LogP contribution in [0.15, 0.2) is 6.20 Å². The molecule has 1 heterocycles. The van der Waals surface area contributed by atoms with Gasteiger partial charge < -0.3 is 10.3 Å². The number of hydrogen-bond acceptors (Lipinski definition) is 2. The van der Waals surface area contributed by atoms with E-state index >= 15 is 0 Å². The van der Waals surface area contributed by atoms with Gasteiger partial charge >= 0.3 is 0 Å². The summed E-state index contributed by atoms with van der Waals surface area (Å²) in [7, 11) is 0. The maximum Gasteiger partial charge on any atom is 0.286 e. The zero-order valence-electron chi connectivity index (χ0n) is 8.81. The van der Waals surface area contributed by atoms with Gasteiger partial charge in [0.1, 0.15) is 5.69 Å². The summed E-state index contributed by atoms with van der Waals surface area (Å²) in [6.45, 7) is 3.61. The highest BCUT2D eigenvalue weighted by Gasteiger charge is 2.13. The summed E-state index contributed by atoms with van der Waals surface area (Å²) >= 11 is 0. The van der Waals surface area contributed by atoms with Crippen molar-refractivity contribution in [3.8, 4) is 0 Å². The predicted molar refractivity (Wildman–Crippen MR) is 56.5 cm³/mol. The van der Waals surface area contributed by atoms with Crippen molar-refractivity contribution < 1.29 is 9.59 Å². The Morgan fingerprint density at radius 3 is 2.67 bits per heavy atom. The van der Waals surface area contributed by atoms with Crippen molar-refractivity contribution in [2.75, 3.05) is 5.32 Å². The highest BCUT2D eigenvalue weighted by Crippen LogP contribution is 2.18. The Balaban J connectivity index is 2.79. The number of anilines is 1. The second-order valence-corrected chi connectivity index (χ2v) is 3.33. The van der Waals surface area contributed by atoms with Crippen molar-refractivity contribution in [2.45, 2.75) is 26.7 Å². The molecular weight excluding hydrogens is 194 g/mol. The zero-order chi connectivity index (χ0) is 11.4. The molecule has 0 atom stereocenters. The van der Waals surface area contributed by atoms with E-state index in [1.165, 1.54) is 6.20 Å². The van der Waals surface area contributed by atoms with Crippen LogP contribution in [0.1, 0.15) is 35.8 Å². The lowest BCUT2D eigenvalue weighted by Crippen LogP contribution is -2.11. The predicted octanol–water partition coefficient (Wildman–Crippen LogP) is 1.48. The first kappa shape index (κ1) is 11.3. The lowest BCUT2D eigenvalue weighted by atomic mass is 10.2. The standard InChI is InChI=1S/C10H14N3O2/c1-3-4-8(14)13-7-5-12-9(6(7)2)10(11)15/h5,11-12H,3-4H2,1-2H3,(H,13,14). The molecule has 1 radical (unpaired) electrons. The third-order valence-corrected chi connectivity index (χ3v) is 2.12. The Labute approximate surface area is 88.0 Å². The molecule has 0 saturated carbocycles. The van der Waals surface area contributed by atoms with Crippen molar-refractivity contribution in [1.29, 1.82) is 0 Å². The Hall–Kier alpha value is -1.78. The molecule has 0 aliphatic carbocycles. The van der Waals surface area contributed by atoms with Crippen molar-refractivity contribution in [3.05, 3.63) is 17.5 Å². The van der Waals surface area contributed by atoms with Gasteiger partial charge in [-0.25, -0.2) is 0 Å². The molecule has 1 aromatic heterocycles. The molecule has 2 amide bonds. The van der Waals surface area contributed by atoms with Gasteiger partial charge in [-0.1, -0.05) is 6.92 Å². The minimum absolute atomic E-state index is 0.0800. The van der Waals surface area contributed by atoms with Gasteiger partial charge in [-0.2, -0.15) is 0 Å². The van der Waals surface area contributed by atoms with Crippen LogP contribution in [0.4, 0.5) is 5.69 Å². The van der Waals surface area contributed by atoms with Crippen LogP contribution in [0.3, 0.4) is 0 Å². The fourth-order valence-corrected chi connectivity index (χ4v) is 1.30. The van der Waals surface area contributed by atoms with Gasteiger partial charge in [0.15, 0.2) is 0 Å². The average Bonchev–Trinajstić information content (AvgIpc) is 2.48. The molecule has 3 N–H and O–H groups in total. The number of carbonyl (C=O) groups is 2. The molecule has 0 saturated heterocycles. The van der Waals surface area contributed by atoms with Crippen LogP contribution in [0, 0.1) is 6.92 Å². The molecule has 1 rings (SSSR count). The molecule has 0 fully saturated rings. The second-order valence-electron chi connectivity index (χ2n) is 3.33. The van der Waals surface area contributed by atoms with Crippen LogP contribution in [0.2, 0.25) is 0 Å². The molecule has 0 bridgehead atoms. The van der Waals surface area contributed by atoms with E-state index in [1.54, 1.807) is 6.92 Å². The van der Waals surface area contributed by atoms with E-state index in [-0.39, 0.29) is 11.6 Å². The fourth-order valence-electron chi connectivity index (χ4n) is 1.30. The first-order chi connectivity index (χ1) is 7.06. The van der Waals surface area contributed by atoms with Gasteiger partial charge in [0, 0.05) is 18.2 Å². The lowest BCUT2D eigenvalue weighted by Gasteiger charge is -2.02. The van der Waals surface area contributed by atoms with Crippen molar-refractivity contribution in [3.63, 3.8) is 0 Å². The number of aromatic amines is 1. The number of aromatic nitrogens is 1. The second kappa shape index (κ2) is 4.63. The molecular formula is C10H14N3O2. The maximum absolute atomic E-state index is 11.3. The molecule has 0 aliphatic rings. The van der Waals surface area contributed by atoms with E-state index in [9.17, 15) is 9.59 Å². The SMILES string of the molecule is CCCC(=O)Nc1c[nH]c(C([NH])=O)c1C. The smallest absolute Gasteiger partial charge is 0.286 e. The van der Waals surface area contributed by atoms with Crippen LogP contribution in [0.25, 0.3) is 0 Å². The highest BCUT2D eigenvalue weighted by atomic mass is 16.2. The summed E-state index contributed by atoms with van der Waals surface area (Å²) in [5.74, 6) is -0.855. The summed E-state index contributed by atoms with van der Waals surface area (Å²) in [6, 6.07) is 0. The highest BCUT2D eigenvalue weighted by molar-refractivity contribution is 5.97. The minimum Gasteiger partial charge on any atom is -0.355 e. The number of H-pyrrole nitrogens is 1. The van der Waals surface area contributed by atoms with Gasteiger partial charge in [0.25, 0.3) is 5.91 Å². The van der Waals surface area contributed by atoms with Gasteiger partial charge in [-0.15, -0.1) is 0 Å².